The van der Waals surface area contributed by atoms with Gasteiger partial charge in [-0.05, 0) is 6.92 Å². The minimum Gasteiger partial charge on any atom is -0.382 e. The van der Waals surface area contributed by atoms with Gasteiger partial charge in [-0.2, -0.15) is 5.16 Å². The molecule has 8 heavy (non-hydrogen) atoms. The summed E-state index contributed by atoms with van der Waals surface area (Å²) in [6.07, 6.45) is 0. The van der Waals surface area contributed by atoms with Crippen molar-refractivity contribution in [1.82, 2.24) is 5.16 Å². The summed E-state index contributed by atoms with van der Waals surface area (Å²) in [5.41, 5.74) is -0.371. The van der Waals surface area contributed by atoms with Gasteiger partial charge < -0.3 is 4.52 Å². The summed E-state index contributed by atoms with van der Waals surface area (Å²) in [4.78, 5) is 10.4. The van der Waals surface area contributed by atoms with Gasteiger partial charge in [0.2, 0.25) is 0 Å². The van der Waals surface area contributed by atoms with Crippen molar-refractivity contribution in [2.24, 2.45) is 0 Å². The van der Waals surface area contributed by atoms with Gasteiger partial charge in [0, 0.05) is 0 Å². The Kier molecular flexibility index (Phi) is 1.13. The molecule has 0 aliphatic carbocycles. The Morgan fingerprint density at radius 3 is 2.50 bits per heavy atom. The first-order valence-electron chi connectivity index (χ1n) is 2.05. The minimum absolute atomic E-state index is 0.130. The number of hydrogen-bond acceptors (Lipinski definition) is 2. The summed E-state index contributed by atoms with van der Waals surface area (Å²) in [5, 5.41) is 2.20. The monoisotopic (exact) mass is 133 g/mol. The zero-order valence-corrected chi connectivity index (χ0v) is 4.95. The lowest BCUT2D eigenvalue weighted by Crippen LogP contribution is -1.96. The van der Waals surface area contributed by atoms with Crippen LogP contribution in [0.5, 0.6) is 0 Å². The molecule has 0 saturated heterocycles. The maximum Gasteiger partial charge on any atom is 0.298 e. The third-order valence-corrected chi connectivity index (χ3v) is 1.24. The molecule has 1 N–H and O–H groups in total. The zero-order valence-electron chi connectivity index (χ0n) is 4.19. The van der Waals surface area contributed by atoms with Crippen molar-refractivity contribution in [2.45, 2.75) is 6.92 Å². The molecule has 0 radical (unpaired) electrons. The van der Waals surface area contributed by atoms with Gasteiger partial charge >= 0.3 is 0 Å². The molecule has 0 aromatic carbocycles. The van der Waals surface area contributed by atoms with Crippen LogP contribution >= 0.6 is 11.6 Å². The van der Waals surface area contributed by atoms with E-state index in [-0.39, 0.29) is 10.6 Å². The first-order chi connectivity index (χ1) is 3.72. The lowest BCUT2D eigenvalue weighted by molar-refractivity contribution is 0.392. The molecule has 0 spiro atoms. The van der Waals surface area contributed by atoms with Crippen LogP contribution in [0.25, 0.3) is 0 Å². The summed E-state index contributed by atoms with van der Waals surface area (Å²) < 4.78 is 4.53. The van der Waals surface area contributed by atoms with E-state index in [4.69, 9.17) is 11.6 Å². The van der Waals surface area contributed by atoms with Crippen LogP contribution in [0.15, 0.2) is 9.32 Å². The number of nitrogens with one attached hydrogen (secondary N) is 1. The van der Waals surface area contributed by atoms with Crippen molar-refractivity contribution >= 4 is 11.6 Å². The average molecular weight is 134 g/mol. The second-order valence-corrected chi connectivity index (χ2v) is 1.78. The van der Waals surface area contributed by atoms with E-state index < -0.39 is 0 Å². The molecule has 0 saturated carbocycles. The average Bonchev–Trinajstić information content (AvgIpc) is 1.98. The molecule has 0 unspecified atom stereocenters. The van der Waals surface area contributed by atoms with E-state index in [1.54, 1.807) is 6.92 Å². The Bertz CT molecular complexity index is 236. The van der Waals surface area contributed by atoms with Crippen LogP contribution in [0.3, 0.4) is 0 Å². The highest BCUT2D eigenvalue weighted by Crippen LogP contribution is 2.05. The number of aromatic amines is 1. The Balaban J connectivity index is 3.41. The van der Waals surface area contributed by atoms with Crippen molar-refractivity contribution in [1.29, 1.82) is 0 Å². The Hall–Kier alpha value is -0.700. The fraction of sp³-hybridized carbons (Fsp3) is 0.250. The van der Waals surface area contributed by atoms with E-state index >= 15 is 0 Å². The Labute approximate surface area is 50.2 Å². The fourth-order valence-electron chi connectivity index (χ4n) is 0.372. The highest BCUT2D eigenvalue weighted by atomic mass is 35.5. The number of rotatable bonds is 0. The SMILES string of the molecule is Cc1o[nH]c(=O)c1Cl. The predicted molar refractivity (Wildman–Crippen MR) is 29.1 cm³/mol. The van der Waals surface area contributed by atoms with E-state index in [0.29, 0.717) is 5.76 Å². The molecule has 0 bridgehead atoms. The van der Waals surface area contributed by atoms with Crippen LogP contribution in [-0.4, -0.2) is 5.16 Å². The molecule has 44 valence electrons. The molecular formula is C4H4ClNO2. The third kappa shape index (κ3) is 0.648. The third-order valence-electron chi connectivity index (χ3n) is 0.805. The van der Waals surface area contributed by atoms with E-state index in [9.17, 15) is 4.79 Å². The van der Waals surface area contributed by atoms with Crippen molar-refractivity contribution in [2.75, 3.05) is 0 Å². The zero-order chi connectivity index (χ0) is 6.15. The van der Waals surface area contributed by atoms with Crippen molar-refractivity contribution in [3.05, 3.63) is 21.1 Å². The lowest BCUT2D eigenvalue weighted by atomic mass is 10.5. The van der Waals surface area contributed by atoms with Crippen LogP contribution in [0.2, 0.25) is 5.02 Å². The fourth-order valence-corrected chi connectivity index (χ4v) is 0.450. The van der Waals surface area contributed by atoms with Crippen LogP contribution in [0.4, 0.5) is 0 Å². The molecule has 1 heterocycles. The number of aryl methyl sites for hydroxylation is 1. The molecule has 0 atom stereocenters. The molecule has 0 aliphatic heterocycles. The molecule has 1 aromatic rings. The van der Waals surface area contributed by atoms with Crippen molar-refractivity contribution in [3.63, 3.8) is 0 Å². The summed E-state index contributed by atoms with van der Waals surface area (Å²) in [6, 6.07) is 0. The maximum atomic E-state index is 10.4. The van der Waals surface area contributed by atoms with Crippen LogP contribution in [0.1, 0.15) is 5.76 Å². The van der Waals surface area contributed by atoms with Crippen LogP contribution < -0.4 is 5.56 Å². The van der Waals surface area contributed by atoms with Crippen LogP contribution in [-0.2, 0) is 0 Å². The first kappa shape index (κ1) is 5.44. The Morgan fingerprint density at radius 2 is 2.38 bits per heavy atom. The van der Waals surface area contributed by atoms with Gasteiger partial charge in [0.15, 0.2) is 5.76 Å². The van der Waals surface area contributed by atoms with E-state index in [1.807, 2.05) is 0 Å². The highest BCUT2D eigenvalue weighted by molar-refractivity contribution is 6.30. The quantitative estimate of drug-likeness (QED) is 0.572. The molecule has 3 nitrogen and oxygen atoms in total. The van der Waals surface area contributed by atoms with E-state index in [0.717, 1.165) is 0 Å². The number of halogens is 1. The van der Waals surface area contributed by atoms with Crippen molar-refractivity contribution in [3.8, 4) is 0 Å². The highest BCUT2D eigenvalue weighted by Gasteiger charge is 2.01. The second-order valence-electron chi connectivity index (χ2n) is 1.40. The normalized spacial score (nSPS) is 9.75. The molecule has 0 amide bonds. The Morgan fingerprint density at radius 1 is 1.75 bits per heavy atom. The molecule has 0 fully saturated rings. The van der Waals surface area contributed by atoms with Gasteiger partial charge in [0.1, 0.15) is 5.02 Å². The van der Waals surface area contributed by atoms with Crippen LogP contribution in [0, 0.1) is 6.92 Å². The predicted octanol–water partition coefficient (Wildman–Crippen LogP) is 0.930. The summed E-state index contributed by atoms with van der Waals surface area (Å²) in [6.45, 7) is 1.61. The molecule has 1 rings (SSSR count). The largest absolute Gasteiger partial charge is 0.382 e. The summed E-state index contributed by atoms with van der Waals surface area (Å²) in [5.74, 6) is 0.427. The molecule has 1 aromatic heterocycles. The maximum absolute atomic E-state index is 10.4. The summed E-state index contributed by atoms with van der Waals surface area (Å²) >= 11 is 5.36. The molecule has 4 heteroatoms. The van der Waals surface area contributed by atoms with E-state index in [2.05, 4.69) is 9.68 Å². The molecular weight excluding hydrogens is 130 g/mol. The summed E-state index contributed by atoms with van der Waals surface area (Å²) in [7, 11) is 0. The topological polar surface area (TPSA) is 46.0 Å². The number of H-pyrrole nitrogens is 1. The first-order valence-corrected chi connectivity index (χ1v) is 2.43. The number of hydrogen-bond donors (Lipinski definition) is 1. The van der Waals surface area contributed by atoms with Gasteiger partial charge in [0.25, 0.3) is 5.56 Å². The number of aromatic nitrogens is 1. The van der Waals surface area contributed by atoms with Gasteiger partial charge in [-0.1, -0.05) is 11.6 Å². The second kappa shape index (κ2) is 1.67. The van der Waals surface area contributed by atoms with E-state index in [1.165, 1.54) is 0 Å². The smallest absolute Gasteiger partial charge is 0.298 e. The standard InChI is InChI=1S/C4H4ClNO2/c1-2-3(5)4(7)6-8-2/h1H3,(H,6,7). The van der Waals surface area contributed by atoms with Gasteiger partial charge in [0.05, 0.1) is 0 Å². The van der Waals surface area contributed by atoms with Crippen molar-refractivity contribution < 1.29 is 4.52 Å². The lowest BCUT2D eigenvalue weighted by Gasteiger charge is -1.72. The van der Waals surface area contributed by atoms with Gasteiger partial charge in [-0.25, -0.2) is 0 Å². The molecule has 0 aliphatic rings. The van der Waals surface area contributed by atoms with Gasteiger partial charge in [-0.15, -0.1) is 0 Å². The minimum atomic E-state index is -0.371. The van der Waals surface area contributed by atoms with Gasteiger partial charge in [-0.3, -0.25) is 4.79 Å².